The Morgan fingerprint density at radius 3 is 2.60 bits per heavy atom. The number of hydrogen-bond donors (Lipinski definition) is 0. The number of amides is 1. The summed E-state index contributed by atoms with van der Waals surface area (Å²) >= 11 is 2.91. The Bertz CT molecular complexity index is 134. The van der Waals surface area contributed by atoms with Gasteiger partial charge in [0.15, 0.2) is 0 Å². The van der Waals surface area contributed by atoms with Gasteiger partial charge in [-0.05, 0) is 18.8 Å². The van der Waals surface area contributed by atoms with Gasteiger partial charge in [0.05, 0.1) is 0 Å². The lowest BCUT2D eigenvalue weighted by molar-refractivity contribution is 0.204. The van der Waals surface area contributed by atoms with Crippen molar-refractivity contribution in [2.24, 2.45) is 5.92 Å². The molecule has 0 aromatic carbocycles. The normalized spacial score (nSPS) is 18.2. The molecule has 0 unspecified atom stereocenters. The second-order valence-corrected chi connectivity index (χ2v) is 3.61. The first kappa shape index (κ1) is 8.05. The van der Waals surface area contributed by atoms with Crippen LogP contribution in [0, 0.1) is 5.92 Å². The predicted octanol–water partition coefficient (Wildman–Crippen LogP) is 2.23. The Morgan fingerprint density at radius 2 is 2.30 bits per heavy atom. The van der Waals surface area contributed by atoms with E-state index in [9.17, 15) is 4.79 Å². The number of carbonyl (C=O) groups excluding carboxylic acids is 1. The highest BCUT2D eigenvalue weighted by atomic mass is 79.9. The highest BCUT2D eigenvalue weighted by molar-refractivity contribution is 9.18. The summed E-state index contributed by atoms with van der Waals surface area (Å²) in [6.45, 7) is 0.921. The molecule has 0 spiro atoms. The minimum absolute atomic E-state index is 0.000556. The first-order chi connectivity index (χ1) is 4.70. The molecule has 0 aliphatic heterocycles. The fraction of sp³-hybridized carbons (Fsp3) is 0.857. The molecule has 1 aliphatic carbocycles. The van der Waals surface area contributed by atoms with E-state index in [1.54, 1.807) is 4.90 Å². The maximum Gasteiger partial charge on any atom is 0.289 e. The van der Waals surface area contributed by atoms with Gasteiger partial charge in [0.2, 0.25) is 0 Å². The molecule has 1 amide bonds. The van der Waals surface area contributed by atoms with Crippen LogP contribution in [0.3, 0.4) is 0 Å². The SMILES string of the molecule is CN(CC1CCC1)C(=O)Br. The summed E-state index contributed by atoms with van der Waals surface area (Å²) < 4.78 is 0. The zero-order valence-electron chi connectivity index (χ0n) is 6.14. The maximum absolute atomic E-state index is 10.7. The molecule has 0 atom stereocenters. The number of nitrogens with zero attached hydrogens (tertiary/aromatic N) is 1. The number of carbonyl (C=O) groups is 1. The molecule has 1 saturated carbocycles. The van der Waals surface area contributed by atoms with Crippen molar-refractivity contribution in [1.82, 2.24) is 4.90 Å². The third-order valence-corrected chi connectivity index (χ3v) is 2.66. The molecule has 0 saturated heterocycles. The van der Waals surface area contributed by atoms with E-state index in [0.29, 0.717) is 0 Å². The highest BCUT2D eigenvalue weighted by Gasteiger charge is 2.19. The third-order valence-electron chi connectivity index (χ3n) is 2.06. The molecule has 58 valence electrons. The molecule has 0 aromatic heterocycles. The third kappa shape index (κ3) is 1.97. The minimum atomic E-state index is -0.000556. The summed E-state index contributed by atoms with van der Waals surface area (Å²) in [5.74, 6) is 0.770. The Kier molecular flexibility index (Phi) is 2.72. The van der Waals surface area contributed by atoms with Gasteiger partial charge in [-0.25, -0.2) is 0 Å². The minimum Gasteiger partial charge on any atom is -0.336 e. The Hall–Kier alpha value is -0.0500. The van der Waals surface area contributed by atoms with Gasteiger partial charge in [-0.2, -0.15) is 0 Å². The Balaban J connectivity index is 2.16. The number of rotatable bonds is 2. The van der Waals surface area contributed by atoms with Gasteiger partial charge < -0.3 is 4.90 Å². The van der Waals surface area contributed by atoms with E-state index in [0.717, 1.165) is 12.5 Å². The monoisotopic (exact) mass is 205 g/mol. The molecule has 0 aromatic rings. The average molecular weight is 206 g/mol. The molecular weight excluding hydrogens is 194 g/mol. The largest absolute Gasteiger partial charge is 0.336 e. The van der Waals surface area contributed by atoms with Crippen LogP contribution in [0.4, 0.5) is 4.79 Å². The van der Waals surface area contributed by atoms with Crippen LogP contribution < -0.4 is 0 Å². The van der Waals surface area contributed by atoms with E-state index in [1.807, 2.05) is 7.05 Å². The van der Waals surface area contributed by atoms with Crippen LogP contribution in [0.1, 0.15) is 19.3 Å². The van der Waals surface area contributed by atoms with Crippen molar-refractivity contribution in [2.75, 3.05) is 13.6 Å². The predicted molar refractivity (Wildman–Crippen MR) is 44.3 cm³/mol. The fourth-order valence-corrected chi connectivity index (χ4v) is 1.28. The van der Waals surface area contributed by atoms with Crippen molar-refractivity contribution < 1.29 is 4.79 Å². The van der Waals surface area contributed by atoms with Gasteiger partial charge in [0.1, 0.15) is 0 Å². The van der Waals surface area contributed by atoms with Gasteiger partial charge in [-0.15, -0.1) is 0 Å². The molecule has 1 rings (SSSR count). The summed E-state index contributed by atoms with van der Waals surface area (Å²) in [5.41, 5.74) is 0. The van der Waals surface area contributed by atoms with E-state index in [4.69, 9.17) is 0 Å². The molecule has 0 bridgehead atoms. The molecule has 0 heterocycles. The van der Waals surface area contributed by atoms with E-state index in [1.165, 1.54) is 19.3 Å². The number of hydrogen-bond acceptors (Lipinski definition) is 1. The van der Waals surface area contributed by atoms with Crippen LogP contribution in [-0.2, 0) is 0 Å². The molecule has 1 aliphatic rings. The van der Waals surface area contributed by atoms with Gasteiger partial charge in [0, 0.05) is 29.5 Å². The standard InChI is InChI=1S/C7H12BrNO/c1-9(7(8)10)5-6-3-2-4-6/h6H,2-5H2,1H3. The van der Waals surface area contributed by atoms with Gasteiger partial charge in [-0.1, -0.05) is 6.42 Å². The molecule has 0 radical (unpaired) electrons. The van der Waals surface area contributed by atoms with Crippen LogP contribution in [0.2, 0.25) is 0 Å². The van der Waals surface area contributed by atoms with E-state index >= 15 is 0 Å². The molecule has 0 N–H and O–H groups in total. The Morgan fingerprint density at radius 1 is 1.70 bits per heavy atom. The van der Waals surface area contributed by atoms with E-state index in [2.05, 4.69) is 15.9 Å². The molecule has 1 fully saturated rings. The summed E-state index contributed by atoms with van der Waals surface area (Å²) in [6, 6.07) is 0. The smallest absolute Gasteiger partial charge is 0.289 e. The van der Waals surface area contributed by atoms with Crippen LogP contribution in [0.15, 0.2) is 0 Å². The topological polar surface area (TPSA) is 20.3 Å². The zero-order valence-corrected chi connectivity index (χ0v) is 7.73. The van der Waals surface area contributed by atoms with Crippen LogP contribution >= 0.6 is 15.9 Å². The van der Waals surface area contributed by atoms with Crippen molar-refractivity contribution in [1.29, 1.82) is 0 Å². The second kappa shape index (κ2) is 3.37. The van der Waals surface area contributed by atoms with Crippen molar-refractivity contribution in [3.05, 3.63) is 0 Å². The lowest BCUT2D eigenvalue weighted by Gasteiger charge is -2.28. The summed E-state index contributed by atoms with van der Waals surface area (Å²) in [6.07, 6.45) is 3.93. The first-order valence-electron chi connectivity index (χ1n) is 3.60. The van der Waals surface area contributed by atoms with Gasteiger partial charge in [-0.3, -0.25) is 4.79 Å². The zero-order chi connectivity index (χ0) is 7.56. The second-order valence-electron chi connectivity index (χ2n) is 2.93. The summed E-state index contributed by atoms with van der Waals surface area (Å²) in [4.78, 5) is 12.4. The van der Waals surface area contributed by atoms with Crippen LogP contribution in [0.5, 0.6) is 0 Å². The van der Waals surface area contributed by atoms with Crippen LogP contribution in [-0.4, -0.2) is 23.3 Å². The van der Waals surface area contributed by atoms with Crippen molar-refractivity contribution in [3.8, 4) is 0 Å². The average Bonchev–Trinajstić information content (AvgIpc) is 1.77. The Labute approximate surface area is 69.7 Å². The first-order valence-corrected chi connectivity index (χ1v) is 4.40. The summed E-state index contributed by atoms with van der Waals surface area (Å²) in [7, 11) is 1.83. The van der Waals surface area contributed by atoms with Gasteiger partial charge >= 0.3 is 0 Å². The molecule has 2 nitrogen and oxygen atoms in total. The van der Waals surface area contributed by atoms with Crippen molar-refractivity contribution in [2.45, 2.75) is 19.3 Å². The molecule has 3 heteroatoms. The van der Waals surface area contributed by atoms with E-state index in [-0.39, 0.29) is 4.82 Å². The van der Waals surface area contributed by atoms with Crippen LogP contribution in [0.25, 0.3) is 0 Å². The van der Waals surface area contributed by atoms with Crippen molar-refractivity contribution >= 4 is 20.7 Å². The fourth-order valence-electron chi connectivity index (χ4n) is 1.13. The quantitative estimate of drug-likeness (QED) is 0.501. The molecule has 10 heavy (non-hydrogen) atoms. The number of halogens is 1. The van der Waals surface area contributed by atoms with E-state index < -0.39 is 0 Å². The maximum atomic E-state index is 10.7. The summed E-state index contributed by atoms with van der Waals surface area (Å²) in [5, 5.41) is 0. The lowest BCUT2D eigenvalue weighted by Crippen LogP contribution is -2.30. The highest BCUT2D eigenvalue weighted by Crippen LogP contribution is 2.26. The van der Waals surface area contributed by atoms with Crippen molar-refractivity contribution in [3.63, 3.8) is 0 Å². The van der Waals surface area contributed by atoms with Gasteiger partial charge in [0.25, 0.3) is 4.82 Å². The molecular formula is C7H12BrNO. The lowest BCUT2D eigenvalue weighted by atomic mass is 9.85.